The Balaban J connectivity index is 1.18. The molecule has 282 valence electrons. The summed E-state index contributed by atoms with van der Waals surface area (Å²) in [5, 5.41) is 20.1. The van der Waals surface area contributed by atoms with Gasteiger partial charge in [0.25, 0.3) is 0 Å². The molecule has 2 atom stereocenters. The standard InChI is InChI=1S/C40H54N4O8/c1-31(45)41-20-23-42-21-7-11-35-14-13-33(27-38(35)42)30-51-39-28-43(40(46)12-5-6-26-52-44(47)48)22-19-37(39)34-15-17-36(18-16-34)50-25-8-24-49-29-32-9-3-2-4-10-32/h2-4,9-10,13-18,27,37,39,47-48H,5-8,11-12,19-26,28-30H2,1H3,(H,41,45). The number of ether oxygens (including phenoxy) is 3. The highest BCUT2D eigenvalue weighted by Crippen LogP contribution is 2.34. The van der Waals surface area contributed by atoms with E-state index in [-0.39, 0.29) is 35.8 Å². The second-order valence-electron chi connectivity index (χ2n) is 13.5. The van der Waals surface area contributed by atoms with E-state index in [0.717, 1.165) is 61.2 Å². The molecule has 3 aromatic rings. The van der Waals surface area contributed by atoms with Crippen molar-refractivity contribution >= 4 is 17.5 Å². The zero-order valence-electron chi connectivity index (χ0n) is 30.3. The van der Waals surface area contributed by atoms with E-state index < -0.39 is 0 Å². The minimum atomic E-state index is -0.303. The van der Waals surface area contributed by atoms with Crippen molar-refractivity contribution in [3.8, 4) is 5.75 Å². The molecule has 0 bridgehead atoms. The fraction of sp³-hybridized carbons (Fsp3) is 0.500. The molecule has 1 fully saturated rings. The minimum Gasteiger partial charge on any atom is -0.494 e. The lowest BCUT2D eigenvalue weighted by Crippen LogP contribution is -2.46. The van der Waals surface area contributed by atoms with Gasteiger partial charge in [-0.1, -0.05) is 54.6 Å². The van der Waals surface area contributed by atoms with E-state index >= 15 is 0 Å². The van der Waals surface area contributed by atoms with Crippen LogP contribution in [0.3, 0.4) is 0 Å². The summed E-state index contributed by atoms with van der Waals surface area (Å²) in [6, 6.07) is 24.9. The third-order valence-electron chi connectivity index (χ3n) is 9.61. The topological polar surface area (TPSA) is 133 Å². The van der Waals surface area contributed by atoms with Crippen molar-refractivity contribution in [1.82, 2.24) is 15.6 Å². The zero-order chi connectivity index (χ0) is 36.5. The first-order valence-corrected chi connectivity index (χ1v) is 18.5. The zero-order valence-corrected chi connectivity index (χ0v) is 30.3. The molecule has 1 saturated heterocycles. The van der Waals surface area contributed by atoms with Crippen LogP contribution >= 0.6 is 0 Å². The maximum absolute atomic E-state index is 13.2. The number of nitrogens with one attached hydrogen (secondary N) is 1. The van der Waals surface area contributed by atoms with Crippen molar-refractivity contribution in [3.63, 3.8) is 0 Å². The number of fused-ring (bicyclic) bond motifs is 1. The summed E-state index contributed by atoms with van der Waals surface area (Å²) < 4.78 is 18.5. The molecule has 5 rings (SSSR count). The van der Waals surface area contributed by atoms with Gasteiger partial charge >= 0.3 is 0 Å². The van der Waals surface area contributed by atoms with Crippen LogP contribution in [0.15, 0.2) is 72.8 Å². The van der Waals surface area contributed by atoms with Crippen molar-refractivity contribution in [1.29, 1.82) is 0 Å². The summed E-state index contributed by atoms with van der Waals surface area (Å²) in [5.74, 6) is 0.940. The van der Waals surface area contributed by atoms with E-state index in [1.54, 1.807) is 6.92 Å². The van der Waals surface area contributed by atoms with E-state index in [4.69, 9.17) is 24.6 Å². The van der Waals surface area contributed by atoms with Gasteiger partial charge in [0.2, 0.25) is 11.8 Å². The molecule has 3 N–H and O–H groups in total. The SMILES string of the molecule is CC(=O)NCCN1CCCc2ccc(COC3CN(C(=O)CCCCON(O)O)CCC3c3ccc(OCCCOCc4ccccc4)cc3)cc21. The maximum atomic E-state index is 13.2. The molecule has 0 saturated carbocycles. The van der Waals surface area contributed by atoms with Crippen molar-refractivity contribution in [3.05, 3.63) is 95.1 Å². The molecule has 12 nitrogen and oxygen atoms in total. The molecular formula is C40H54N4O8. The van der Waals surface area contributed by atoms with Crippen molar-refractivity contribution < 1.29 is 39.1 Å². The summed E-state index contributed by atoms with van der Waals surface area (Å²) in [6.45, 7) is 7.27. The fourth-order valence-electron chi connectivity index (χ4n) is 6.89. The average molecular weight is 719 g/mol. The van der Waals surface area contributed by atoms with Gasteiger partial charge in [0.15, 0.2) is 0 Å². The van der Waals surface area contributed by atoms with Gasteiger partial charge in [-0.15, -0.1) is 0 Å². The molecule has 2 heterocycles. The van der Waals surface area contributed by atoms with Crippen molar-refractivity contribution in [2.45, 2.75) is 77.1 Å². The maximum Gasteiger partial charge on any atom is 0.222 e. The third kappa shape index (κ3) is 12.6. The molecule has 0 radical (unpaired) electrons. The number of piperidine rings is 1. The summed E-state index contributed by atoms with van der Waals surface area (Å²) >= 11 is 0. The average Bonchev–Trinajstić information content (AvgIpc) is 3.15. The Morgan fingerprint density at radius 2 is 1.73 bits per heavy atom. The molecular weight excluding hydrogens is 664 g/mol. The Hall–Kier alpha value is -4.04. The number of carbonyl (C=O) groups excluding carboxylic acids is 2. The minimum absolute atomic E-state index is 0.0230. The Kier molecular flexibility index (Phi) is 15.7. The van der Waals surface area contributed by atoms with Crippen LogP contribution in [0, 0.1) is 0 Å². The van der Waals surface area contributed by atoms with Crippen LogP contribution in [0.5, 0.6) is 5.75 Å². The van der Waals surface area contributed by atoms with Gasteiger partial charge in [-0.25, -0.2) is 0 Å². The van der Waals surface area contributed by atoms with Crippen LogP contribution in [0.2, 0.25) is 0 Å². The lowest BCUT2D eigenvalue weighted by atomic mass is 9.86. The number of carbonyl (C=O) groups is 2. The van der Waals surface area contributed by atoms with Gasteiger partial charge in [0.1, 0.15) is 5.75 Å². The number of rotatable bonds is 20. The number of anilines is 1. The Morgan fingerprint density at radius 1 is 0.904 bits per heavy atom. The first-order chi connectivity index (χ1) is 25.4. The predicted octanol–water partition coefficient (Wildman–Crippen LogP) is 5.64. The Morgan fingerprint density at radius 3 is 2.52 bits per heavy atom. The summed E-state index contributed by atoms with van der Waals surface area (Å²) in [7, 11) is 0. The molecule has 52 heavy (non-hydrogen) atoms. The number of unbranched alkanes of at least 4 members (excludes halogenated alkanes) is 1. The smallest absolute Gasteiger partial charge is 0.222 e. The number of benzene rings is 3. The molecule has 2 aliphatic rings. The van der Waals surface area contributed by atoms with Gasteiger partial charge in [-0.2, -0.15) is 0 Å². The molecule has 3 aromatic carbocycles. The highest BCUT2D eigenvalue weighted by atomic mass is 17.1. The summed E-state index contributed by atoms with van der Waals surface area (Å²) in [6.07, 6.45) is 4.91. The number of hydrogen-bond donors (Lipinski definition) is 3. The quantitative estimate of drug-likeness (QED) is 0.0996. The van der Waals surface area contributed by atoms with Crippen LogP contribution in [0.25, 0.3) is 0 Å². The molecule has 0 aliphatic carbocycles. The largest absolute Gasteiger partial charge is 0.494 e. The highest BCUT2D eigenvalue weighted by Gasteiger charge is 2.33. The first-order valence-electron chi connectivity index (χ1n) is 18.5. The van der Waals surface area contributed by atoms with Crippen LogP contribution in [0.4, 0.5) is 5.69 Å². The van der Waals surface area contributed by atoms with Crippen LogP contribution < -0.4 is 15.0 Å². The lowest BCUT2D eigenvalue weighted by molar-refractivity contribution is -0.492. The molecule has 2 unspecified atom stereocenters. The highest BCUT2D eigenvalue weighted by molar-refractivity contribution is 5.76. The van der Waals surface area contributed by atoms with Gasteiger partial charge in [0, 0.05) is 64.1 Å². The Labute approximate surface area is 307 Å². The second kappa shape index (κ2) is 20.9. The van der Waals surface area contributed by atoms with Gasteiger partial charge in [-0.05, 0) is 72.6 Å². The third-order valence-corrected chi connectivity index (χ3v) is 9.61. The molecule has 12 heteroatoms. The predicted molar refractivity (Wildman–Crippen MR) is 196 cm³/mol. The van der Waals surface area contributed by atoms with Gasteiger partial charge in [0.05, 0.1) is 44.5 Å². The van der Waals surface area contributed by atoms with E-state index in [2.05, 4.69) is 57.5 Å². The number of aryl methyl sites for hydroxylation is 1. The van der Waals surface area contributed by atoms with E-state index in [9.17, 15) is 9.59 Å². The van der Waals surface area contributed by atoms with Gasteiger partial charge in [-0.3, -0.25) is 24.8 Å². The second-order valence-corrected chi connectivity index (χ2v) is 13.5. The number of likely N-dealkylation sites (tertiary alicyclic amines) is 1. The van der Waals surface area contributed by atoms with Crippen LogP contribution in [-0.4, -0.2) is 91.2 Å². The number of hydrogen-bond acceptors (Lipinski definition) is 10. The van der Waals surface area contributed by atoms with E-state index in [1.807, 2.05) is 35.2 Å². The van der Waals surface area contributed by atoms with Crippen LogP contribution in [-0.2, 0) is 43.5 Å². The molecule has 2 aliphatic heterocycles. The van der Waals surface area contributed by atoms with Crippen molar-refractivity contribution in [2.24, 2.45) is 0 Å². The first kappa shape index (κ1) is 39.2. The normalized spacial score (nSPS) is 17.2. The molecule has 0 aromatic heterocycles. The molecule has 0 spiro atoms. The number of nitrogens with zero attached hydrogens (tertiary/aromatic N) is 3. The fourth-order valence-corrected chi connectivity index (χ4v) is 6.89. The Bertz CT molecular complexity index is 1520. The van der Waals surface area contributed by atoms with Crippen molar-refractivity contribution in [2.75, 3.05) is 57.4 Å². The summed E-state index contributed by atoms with van der Waals surface area (Å²) in [5.41, 5.74) is 5.89. The lowest BCUT2D eigenvalue weighted by Gasteiger charge is -2.39. The number of amides is 2. The van der Waals surface area contributed by atoms with Gasteiger partial charge < -0.3 is 29.3 Å². The van der Waals surface area contributed by atoms with E-state index in [1.165, 1.54) is 11.3 Å². The van der Waals surface area contributed by atoms with Crippen LogP contribution in [0.1, 0.15) is 73.6 Å². The summed E-state index contributed by atoms with van der Waals surface area (Å²) in [4.78, 5) is 33.5. The monoisotopic (exact) mass is 718 g/mol. The molecule has 2 amide bonds. The van der Waals surface area contributed by atoms with E-state index in [0.29, 0.717) is 65.3 Å².